The van der Waals surface area contributed by atoms with Gasteiger partial charge in [0, 0.05) is 37.6 Å². The average molecular weight is 277 g/mol. The zero-order valence-corrected chi connectivity index (χ0v) is 12.2. The number of piperazine rings is 1. The Balaban J connectivity index is 2.08. The molecule has 0 atom stereocenters. The molecule has 0 radical (unpaired) electrons. The second kappa shape index (κ2) is 5.30. The van der Waals surface area contributed by atoms with Gasteiger partial charge in [-0.15, -0.1) is 11.3 Å². The Labute approximate surface area is 117 Å². The van der Waals surface area contributed by atoms with Crippen LogP contribution in [-0.4, -0.2) is 42.7 Å². The maximum Gasteiger partial charge on any atom is 0.226 e. The first-order chi connectivity index (χ1) is 9.28. The van der Waals surface area contributed by atoms with Crippen molar-refractivity contribution >= 4 is 33.3 Å². The summed E-state index contributed by atoms with van der Waals surface area (Å²) in [5.74, 6) is 1.82. The molecule has 2 N–H and O–H groups in total. The van der Waals surface area contributed by atoms with E-state index in [2.05, 4.69) is 40.4 Å². The second-order valence-corrected chi connectivity index (χ2v) is 5.95. The lowest BCUT2D eigenvalue weighted by molar-refractivity contribution is 0.586. The SMILES string of the molecule is CCNc1nc(N2CCNCC2)c2cc(C)sc2n1. The van der Waals surface area contributed by atoms with E-state index in [1.165, 1.54) is 10.3 Å². The number of hydrogen-bond acceptors (Lipinski definition) is 6. The highest BCUT2D eigenvalue weighted by molar-refractivity contribution is 7.18. The largest absolute Gasteiger partial charge is 0.354 e. The molecule has 1 saturated heterocycles. The topological polar surface area (TPSA) is 53.1 Å². The van der Waals surface area contributed by atoms with Crippen molar-refractivity contribution in [1.29, 1.82) is 0 Å². The normalized spacial score (nSPS) is 16.0. The van der Waals surface area contributed by atoms with Gasteiger partial charge in [0.15, 0.2) is 0 Å². The third-order valence-electron chi connectivity index (χ3n) is 3.25. The third kappa shape index (κ3) is 2.50. The number of aryl methyl sites for hydroxylation is 1. The van der Waals surface area contributed by atoms with Crippen LogP contribution in [0.15, 0.2) is 6.07 Å². The van der Waals surface area contributed by atoms with Gasteiger partial charge in [0.1, 0.15) is 10.6 Å². The molecule has 19 heavy (non-hydrogen) atoms. The molecule has 6 heteroatoms. The molecule has 0 aliphatic carbocycles. The highest BCUT2D eigenvalue weighted by Crippen LogP contribution is 2.31. The summed E-state index contributed by atoms with van der Waals surface area (Å²) in [7, 11) is 0. The van der Waals surface area contributed by atoms with E-state index in [0.717, 1.165) is 49.3 Å². The van der Waals surface area contributed by atoms with Crippen LogP contribution in [0.5, 0.6) is 0 Å². The summed E-state index contributed by atoms with van der Waals surface area (Å²) in [5, 5.41) is 7.80. The lowest BCUT2D eigenvalue weighted by atomic mass is 10.3. The fraction of sp³-hybridized carbons (Fsp3) is 0.538. The van der Waals surface area contributed by atoms with Crippen LogP contribution in [0.25, 0.3) is 10.2 Å². The first-order valence-electron chi connectivity index (χ1n) is 6.75. The van der Waals surface area contributed by atoms with Crippen molar-refractivity contribution in [3.8, 4) is 0 Å². The number of aromatic nitrogens is 2. The van der Waals surface area contributed by atoms with Gasteiger partial charge >= 0.3 is 0 Å². The van der Waals surface area contributed by atoms with Crippen molar-refractivity contribution < 1.29 is 0 Å². The van der Waals surface area contributed by atoms with E-state index in [1.54, 1.807) is 11.3 Å². The molecule has 0 aromatic carbocycles. The molecule has 102 valence electrons. The minimum absolute atomic E-state index is 0.741. The lowest BCUT2D eigenvalue weighted by Gasteiger charge is -2.29. The van der Waals surface area contributed by atoms with Gasteiger partial charge in [-0.1, -0.05) is 0 Å². The minimum atomic E-state index is 0.741. The number of thiophene rings is 1. The maximum atomic E-state index is 4.71. The standard InChI is InChI=1S/C13H19N5S/c1-3-15-13-16-11(18-6-4-14-5-7-18)10-8-9(2)19-12(10)17-13/h8,14H,3-7H2,1-2H3,(H,15,16,17). The Morgan fingerprint density at radius 1 is 1.37 bits per heavy atom. The molecule has 0 spiro atoms. The van der Waals surface area contributed by atoms with Crippen molar-refractivity contribution in [2.45, 2.75) is 13.8 Å². The molecular formula is C13H19N5S. The molecule has 0 amide bonds. The predicted molar refractivity (Wildman–Crippen MR) is 81.4 cm³/mol. The van der Waals surface area contributed by atoms with E-state index in [9.17, 15) is 0 Å². The summed E-state index contributed by atoms with van der Waals surface area (Å²) in [5.41, 5.74) is 0. The molecule has 0 unspecified atom stereocenters. The molecular weight excluding hydrogens is 258 g/mol. The molecule has 1 aliphatic rings. The van der Waals surface area contributed by atoms with E-state index >= 15 is 0 Å². The summed E-state index contributed by atoms with van der Waals surface area (Å²) < 4.78 is 0. The lowest BCUT2D eigenvalue weighted by Crippen LogP contribution is -2.44. The van der Waals surface area contributed by atoms with Gasteiger partial charge in [-0.3, -0.25) is 0 Å². The fourth-order valence-electron chi connectivity index (χ4n) is 2.38. The second-order valence-electron chi connectivity index (χ2n) is 4.71. The summed E-state index contributed by atoms with van der Waals surface area (Å²) >= 11 is 1.74. The Morgan fingerprint density at radius 3 is 2.89 bits per heavy atom. The Hall–Kier alpha value is -1.40. The van der Waals surface area contributed by atoms with Crippen LogP contribution in [0.4, 0.5) is 11.8 Å². The smallest absolute Gasteiger partial charge is 0.226 e. The highest BCUT2D eigenvalue weighted by atomic mass is 32.1. The van der Waals surface area contributed by atoms with Crippen molar-refractivity contribution in [2.75, 3.05) is 42.9 Å². The van der Waals surface area contributed by atoms with Crippen LogP contribution in [0.3, 0.4) is 0 Å². The molecule has 2 aromatic heterocycles. The summed E-state index contributed by atoms with van der Waals surface area (Å²) in [4.78, 5) is 14.0. The average Bonchev–Trinajstić information content (AvgIpc) is 2.79. The van der Waals surface area contributed by atoms with Crippen molar-refractivity contribution in [3.63, 3.8) is 0 Å². The van der Waals surface area contributed by atoms with Gasteiger partial charge in [-0.05, 0) is 19.9 Å². The minimum Gasteiger partial charge on any atom is -0.354 e. The number of fused-ring (bicyclic) bond motifs is 1. The molecule has 1 aliphatic heterocycles. The van der Waals surface area contributed by atoms with E-state index in [1.807, 2.05) is 0 Å². The molecule has 3 rings (SSSR count). The van der Waals surface area contributed by atoms with Gasteiger partial charge in [0.05, 0.1) is 5.39 Å². The number of hydrogen-bond donors (Lipinski definition) is 2. The van der Waals surface area contributed by atoms with Crippen molar-refractivity contribution in [2.24, 2.45) is 0 Å². The van der Waals surface area contributed by atoms with Crippen LogP contribution < -0.4 is 15.5 Å². The fourth-order valence-corrected chi connectivity index (χ4v) is 3.26. The quantitative estimate of drug-likeness (QED) is 0.896. The Morgan fingerprint density at radius 2 is 2.16 bits per heavy atom. The van der Waals surface area contributed by atoms with Gasteiger partial charge in [-0.2, -0.15) is 4.98 Å². The van der Waals surface area contributed by atoms with Crippen LogP contribution in [-0.2, 0) is 0 Å². The van der Waals surface area contributed by atoms with Gasteiger partial charge < -0.3 is 15.5 Å². The Kier molecular flexibility index (Phi) is 3.52. The zero-order valence-electron chi connectivity index (χ0n) is 11.4. The first-order valence-corrected chi connectivity index (χ1v) is 7.57. The van der Waals surface area contributed by atoms with Gasteiger partial charge in [0.2, 0.25) is 5.95 Å². The number of nitrogens with zero attached hydrogens (tertiary/aromatic N) is 3. The molecule has 1 fully saturated rings. The van der Waals surface area contributed by atoms with Crippen LogP contribution in [0.1, 0.15) is 11.8 Å². The van der Waals surface area contributed by atoms with Gasteiger partial charge in [-0.25, -0.2) is 4.98 Å². The van der Waals surface area contributed by atoms with Crippen LogP contribution in [0, 0.1) is 6.92 Å². The van der Waals surface area contributed by atoms with E-state index in [0.29, 0.717) is 0 Å². The maximum absolute atomic E-state index is 4.71. The van der Waals surface area contributed by atoms with Crippen molar-refractivity contribution in [3.05, 3.63) is 10.9 Å². The monoisotopic (exact) mass is 277 g/mol. The third-order valence-corrected chi connectivity index (χ3v) is 4.19. The van der Waals surface area contributed by atoms with E-state index in [-0.39, 0.29) is 0 Å². The molecule has 0 saturated carbocycles. The highest BCUT2D eigenvalue weighted by Gasteiger charge is 2.18. The number of nitrogens with one attached hydrogen (secondary N) is 2. The molecule has 0 bridgehead atoms. The summed E-state index contributed by atoms with van der Waals surface area (Å²) in [6, 6.07) is 2.20. The molecule has 2 aromatic rings. The van der Waals surface area contributed by atoms with Crippen LogP contribution >= 0.6 is 11.3 Å². The van der Waals surface area contributed by atoms with E-state index < -0.39 is 0 Å². The predicted octanol–water partition coefficient (Wildman–Crippen LogP) is 1.84. The number of rotatable bonds is 3. The first kappa shape index (κ1) is 12.6. The van der Waals surface area contributed by atoms with Gasteiger partial charge in [0.25, 0.3) is 0 Å². The zero-order chi connectivity index (χ0) is 13.2. The van der Waals surface area contributed by atoms with Crippen molar-refractivity contribution in [1.82, 2.24) is 15.3 Å². The number of anilines is 2. The molecule has 3 heterocycles. The van der Waals surface area contributed by atoms with E-state index in [4.69, 9.17) is 4.98 Å². The Bertz CT molecular complexity index is 574. The summed E-state index contributed by atoms with van der Waals surface area (Å²) in [6.45, 7) is 9.09. The molecule has 5 nitrogen and oxygen atoms in total. The summed E-state index contributed by atoms with van der Waals surface area (Å²) in [6.07, 6.45) is 0. The van der Waals surface area contributed by atoms with Crippen LogP contribution in [0.2, 0.25) is 0 Å².